The Labute approximate surface area is 142 Å². The summed E-state index contributed by atoms with van der Waals surface area (Å²) in [4.78, 5) is 20.3. The zero-order valence-electron chi connectivity index (χ0n) is 13.9. The number of hydrogen-bond donors (Lipinski definition) is 0. The molecule has 4 heteroatoms. The average Bonchev–Trinajstić information content (AvgIpc) is 2.79. The minimum atomic E-state index is 0.133. The summed E-state index contributed by atoms with van der Waals surface area (Å²) in [7, 11) is 1.96. The van der Waals surface area contributed by atoms with E-state index >= 15 is 0 Å². The fraction of sp³-hybridized carbons (Fsp3) is 0.474. The molecule has 1 heterocycles. The molecule has 3 nitrogen and oxygen atoms in total. The van der Waals surface area contributed by atoms with Crippen LogP contribution < -0.4 is 0 Å². The number of carbonyl (C=O) groups excluding carboxylic acids is 1. The molecule has 1 saturated carbocycles. The number of amides is 1. The van der Waals surface area contributed by atoms with Crippen LogP contribution in [0.5, 0.6) is 0 Å². The molecule has 0 aliphatic heterocycles. The van der Waals surface area contributed by atoms with Crippen LogP contribution in [0, 0.1) is 6.92 Å². The molecule has 122 valence electrons. The Morgan fingerprint density at radius 3 is 2.43 bits per heavy atom. The smallest absolute Gasteiger partial charge is 0.265 e. The van der Waals surface area contributed by atoms with Gasteiger partial charge < -0.3 is 4.90 Å². The lowest BCUT2D eigenvalue weighted by Gasteiger charge is -2.26. The lowest BCUT2D eigenvalue weighted by molar-refractivity contribution is 0.0721. The number of thiazole rings is 1. The summed E-state index contributed by atoms with van der Waals surface area (Å²) in [5, 5.41) is 0.931. The van der Waals surface area contributed by atoms with Crippen LogP contribution in [0.2, 0.25) is 0 Å². The van der Waals surface area contributed by atoms with Crippen molar-refractivity contribution >= 4 is 17.2 Å². The second-order valence-corrected chi connectivity index (χ2v) is 7.36. The van der Waals surface area contributed by atoms with Gasteiger partial charge in [0, 0.05) is 18.7 Å². The highest BCUT2D eigenvalue weighted by molar-refractivity contribution is 7.17. The SMILES string of the molecule is Cc1nc(-c2ccccc2)sc1C(=O)N(C)C1CCCCCC1. The summed E-state index contributed by atoms with van der Waals surface area (Å²) < 4.78 is 0. The molecule has 1 amide bonds. The number of benzene rings is 1. The van der Waals surface area contributed by atoms with Gasteiger partial charge in [-0.05, 0) is 19.8 Å². The van der Waals surface area contributed by atoms with Crippen molar-refractivity contribution in [3.05, 3.63) is 40.9 Å². The molecule has 1 aliphatic rings. The molecule has 0 radical (unpaired) electrons. The lowest BCUT2D eigenvalue weighted by atomic mass is 10.1. The van der Waals surface area contributed by atoms with Gasteiger partial charge in [0.15, 0.2) is 0 Å². The zero-order chi connectivity index (χ0) is 16.2. The number of rotatable bonds is 3. The van der Waals surface area contributed by atoms with Crippen LogP contribution >= 0.6 is 11.3 Å². The maximum Gasteiger partial charge on any atom is 0.265 e. The number of hydrogen-bond acceptors (Lipinski definition) is 3. The number of carbonyl (C=O) groups is 1. The van der Waals surface area contributed by atoms with Crippen molar-refractivity contribution in [3.8, 4) is 10.6 Å². The van der Waals surface area contributed by atoms with E-state index in [1.807, 2.05) is 49.2 Å². The van der Waals surface area contributed by atoms with E-state index in [-0.39, 0.29) is 5.91 Å². The van der Waals surface area contributed by atoms with Gasteiger partial charge in [-0.25, -0.2) is 4.98 Å². The fourth-order valence-electron chi connectivity index (χ4n) is 3.27. The molecule has 1 aliphatic carbocycles. The number of nitrogens with zero attached hydrogens (tertiary/aromatic N) is 2. The van der Waals surface area contributed by atoms with E-state index in [4.69, 9.17) is 0 Å². The molecule has 3 rings (SSSR count). The van der Waals surface area contributed by atoms with E-state index in [1.54, 1.807) is 0 Å². The average molecular weight is 328 g/mol. The first-order chi connectivity index (χ1) is 11.2. The van der Waals surface area contributed by atoms with Gasteiger partial charge in [0.1, 0.15) is 9.88 Å². The summed E-state index contributed by atoms with van der Waals surface area (Å²) >= 11 is 1.52. The van der Waals surface area contributed by atoms with Crippen molar-refractivity contribution in [2.75, 3.05) is 7.05 Å². The van der Waals surface area contributed by atoms with Crippen LogP contribution in [0.3, 0.4) is 0 Å². The summed E-state index contributed by atoms with van der Waals surface area (Å²) in [6, 6.07) is 10.5. The molecule has 0 N–H and O–H groups in total. The maximum atomic E-state index is 12.9. The Morgan fingerprint density at radius 2 is 1.78 bits per heavy atom. The molecule has 23 heavy (non-hydrogen) atoms. The first-order valence-electron chi connectivity index (χ1n) is 8.47. The van der Waals surface area contributed by atoms with Gasteiger partial charge in [0.05, 0.1) is 5.69 Å². The van der Waals surface area contributed by atoms with Crippen molar-refractivity contribution in [1.82, 2.24) is 9.88 Å². The highest BCUT2D eigenvalue weighted by Gasteiger charge is 2.25. The summed E-state index contributed by atoms with van der Waals surface area (Å²) in [6.45, 7) is 1.94. The third-order valence-electron chi connectivity index (χ3n) is 4.70. The molecule has 1 fully saturated rings. The highest BCUT2D eigenvalue weighted by Crippen LogP contribution is 2.30. The van der Waals surface area contributed by atoms with Crippen molar-refractivity contribution in [1.29, 1.82) is 0 Å². The van der Waals surface area contributed by atoms with E-state index in [0.717, 1.165) is 34.0 Å². The maximum absolute atomic E-state index is 12.9. The molecule has 0 saturated heterocycles. The van der Waals surface area contributed by atoms with Crippen LogP contribution in [0.25, 0.3) is 10.6 Å². The van der Waals surface area contributed by atoms with Gasteiger partial charge in [0.2, 0.25) is 0 Å². The van der Waals surface area contributed by atoms with Crippen molar-refractivity contribution in [3.63, 3.8) is 0 Å². The normalized spacial score (nSPS) is 16.1. The van der Waals surface area contributed by atoms with E-state index in [9.17, 15) is 4.79 Å². The Morgan fingerprint density at radius 1 is 1.13 bits per heavy atom. The predicted octanol–water partition coefficient (Wildman–Crippen LogP) is 4.91. The van der Waals surface area contributed by atoms with E-state index in [2.05, 4.69) is 4.98 Å². The molecule has 0 spiro atoms. The first-order valence-corrected chi connectivity index (χ1v) is 9.28. The van der Waals surface area contributed by atoms with Gasteiger partial charge in [-0.1, -0.05) is 56.0 Å². The Hall–Kier alpha value is -1.68. The molecule has 0 atom stereocenters. The Balaban J connectivity index is 1.80. The monoisotopic (exact) mass is 328 g/mol. The van der Waals surface area contributed by atoms with E-state index < -0.39 is 0 Å². The first kappa shape index (κ1) is 16.2. The highest BCUT2D eigenvalue weighted by atomic mass is 32.1. The van der Waals surface area contributed by atoms with Crippen LogP contribution in [0.4, 0.5) is 0 Å². The fourth-order valence-corrected chi connectivity index (χ4v) is 4.32. The Bertz CT molecular complexity index is 657. The third kappa shape index (κ3) is 3.63. The zero-order valence-corrected chi connectivity index (χ0v) is 14.7. The molecular formula is C19H24N2OS. The second kappa shape index (κ2) is 7.26. The molecule has 0 unspecified atom stereocenters. The molecule has 1 aromatic heterocycles. The van der Waals surface area contributed by atoms with E-state index in [1.165, 1.54) is 37.0 Å². The minimum Gasteiger partial charge on any atom is -0.338 e. The lowest BCUT2D eigenvalue weighted by Crippen LogP contribution is -2.36. The predicted molar refractivity (Wildman–Crippen MR) is 95.9 cm³/mol. The Kier molecular flexibility index (Phi) is 5.11. The largest absolute Gasteiger partial charge is 0.338 e. The molecule has 2 aromatic rings. The standard InChI is InChI=1S/C19H24N2OS/c1-14-17(23-18(20-14)15-10-6-5-7-11-15)19(22)21(2)16-12-8-3-4-9-13-16/h5-7,10-11,16H,3-4,8-9,12-13H2,1-2H3. The summed E-state index contributed by atoms with van der Waals surface area (Å²) in [6.07, 6.45) is 7.34. The number of aryl methyl sites for hydroxylation is 1. The number of aromatic nitrogens is 1. The summed E-state index contributed by atoms with van der Waals surface area (Å²) in [5.41, 5.74) is 1.93. The van der Waals surface area contributed by atoms with Gasteiger partial charge >= 0.3 is 0 Å². The minimum absolute atomic E-state index is 0.133. The van der Waals surface area contributed by atoms with Gasteiger partial charge in [-0.3, -0.25) is 4.79 Å². The molecule has 0 bridgehead atoms. The van der Waals surface area contributed by atoms with E-state index in [0.29, 0.717) is 6.04 Å². The van der Waals surface area contributed by atoms with Crippen molar-refractivity contribution < 1.29 is 4.79 Å². The van der Waals surface area contributed by atoms with Gasteiger partial charge in [-0.2, -0.15) is 0 Å². The van der Waals surface area contributed by atoms with Crippen LogP contribution in [-0.4, -0.2) is 28.9 Å². The van der Waals surface area contributed by atoms with Gasteiger partial charge in [-0.15, -0.1) is 11.3 Å². The van der Waals surface area contributed by atoms with Crippen LogP contribution in [-0.2, 0) is 0 Å². The third-order valence-corrected chi connectivity index (χ3v) is 5.90. The summed E-state index contributed by atoms with van der Waals surface area (Å²) in [5.74, 6) is 0.133. The van der Waals surface area contributed by atoms with Crippen LogP contribution in [0.1, 0.15) is 53.9 Å². The van der Waals surface area contributed by atoms with Gasteiger partial charge in [0.25, 0.3) is 5.91 Å². The molecular weight excluding hydrogens is 304 g/mol. The van der Waals surface area contributed by atoms with Crippen LogP contribution in [0.15, 0.2) is 30.3 Å². The quantitative estimate of drug-likeness (QED) is 0.750. The second-order valence-electron chi connectivity index (χ2n) is 6.36. The van der Waals surface area contributed by atoms with Crippen molar-refractivity contribution in [2.24, 2.45) is 0 Å². The topological polar surface area (TPSA) is 33.2 Å². The molecule has 1 aromatic carbocycles. The van der Waals surface area contributed by atoms with Crippen molar-refractivity contribution in [2.45, 2.75) is 51.5 Å².